The Balaban J connectivity index is 3.76. The summed E-state index contributed by atoms with van der Waals surface area (Å²) >= 11 is 0. The monoisotopic (exact) mass is 198 g/mol. The van der Waals surface area contributed by atoms with Gasteiger partial charge < -0.3 is 9.84 Å². The molecule has 2 unspecified atom stereocenters. The predicted molar refractivity (Wildman–Crippen MR) is 59.0 cm³/mol. The van der Waals surface area contributed by atoms with Crippen molar-refractivity contribution in [1.82, 2.24) is 0 Å². The van der Waals surface area contributed by atoms with Gasteiger partial charge in [-0.15, -0.1) is 12.3 Å². The zero-order chi connectivity index (χ0) is 10.8. The van der Waals surface area contributed by atoms with Crippen molar-refractivity contribution in [2.75, 3.05) is 6.61 Å². The maximum atomic E-state index is 9.80. The molecule has 0 spiro atoms. The van der Waals surface area contributed by atoms with Gasteiger partial charge in [-0.2, -0.15) is 0 Å². The first kappa shape index (κ1) is 13.5. The third-order valence-electron chi connectivity index (χ3n) is 2.20. The summed E-state index contributed by atoms with van der Waals surface area (Å²) < 4.78 is 5.47. The van der Waals surface area contributed by atoms with Gasteiger partial charge in [0.05, 0.1) is 12.2 Å². The van der Waals surface area contributed by atoms with Gasteiger partial charge in [-0.25, -0.2) is 0 Å². The van der Waals surface area contributed by atoms with Crippen LogP contribution in [0.15, 0.2) is 0 Å². The minimum Gasteiger partial charge on any atom is -0.390 e. The van der Waals surface area contributed by atoms with Crippen molar-refractivity contribution in [2.24, 2.45) is 0 Å². The molecule has 0 saturated heterocycles. The molecule has 1 N–H and O–H groups in total. The van der Waals surface area contributed by atoms with Crippen LogP contribution in [0.1, 0.15) is 46.0 Å². The molecule has 0 amide bonds. The quantitative estimate of drug-likeness (QED) is 0.479. The number of terminal acetylenes is 1. The minimum absolute atomic E-state index is 0.0113. The first-order chi connectivity index (χ1) is 6.76. The average molecular weight is 198 g/mol. The van der Waals surface area contributed by atoms with Gasteiger partial charge in [-0.1, -0.05) is 13.3 Å². The number of rotatable bonds is 8. The molecule has 0 aliphatic rings. The smallest absolute Gasteiger partial charge is 0.0833 e. The van der Waals surface area contributed by atoms with Gasteiger partial charge in [0, 0.05) is 13.0 Å². The molecule has 0 saturated carbocycles. The molecule has 0 aromatic carbocycles. The number of hydrogen-bond acceptors (Lipinski definition) is 2. The van der Waals surface area contributed by atoms with Gasteiger partial charge in [0.25, 0.3) is 0 Å². The summed E-state index contributed by atoms with van der Waals surface area (Å²) in [6, 6.07) is 0. The maximum Gasteiger partial charge on any atom is 0.0833 e. The van der Waals surface area contributed by atoms with Gasteiger partial charge in [0.15, 0.2) is 0 Å². The van der Waals surface area contributed by atoms with Crippen LogP contribution >= 0.6 is 0 Å². The number of ether oxygens (including phenoxy) is 1. The molecule has 0 aromatic heterocycles. The van der Waals surface area contributed by atoms with E-state index in [1.165, 1.54) is 0 Å². The fourth-order valence-corrected chi connectivity index (χ4v) is 1.48. The molecule has 0 aliphatic heterocycles. The zero-order valence-electron chi connectivity index (χ0n) is 9.33. The summed E-state index contributed by atoms with van der Waals surface area (Å²) in [6.45, 7) is 4.72. The first-order valence-corrected chi connectivity index (χ1v) is 5.49. The highest BCUT2D eigenvalue weighted by molar-refractivity contribution is 4.83. The van der Waals surface area contributed by atoms with Crippen LogP contribution in [-0.4, -0.2) is 23.9 Å². The second-order valence-corrected chi connectivity index (χ2v) is 3.45. The number of unbranched alkanes of at least 4 members (excludes halogenated alkanes) is 1. The summed E-state index contributed by atoms with van der Waals surface area (Å²) in [5.74, 6) is 2.57. The molecule has 0 bridgehead atoms. The van der Waals surface area contributed by atoms with Gasteiger partial charge >= 0.3 is 0 Å². The first-order valence-electron chi connectivity index (χ1n) is 5.49. The van der Waals surface area contributed by atoms with E-state index >= 15 is 0 Å². The predicted octanol–water partition coefficient (Wildman–Crippen LogP) is 2.36. The maximum absolute atomic E-state index is 9.80. The molecule has 14 heavy (non-hydrogen) atoms. The van der Waals surface area contributed by atoms with E-state index in [4.69, 9.17) is 11.2 Å². The largest absolute Gasteiger partial charge is 0.390 e. The van der Waals surface area contributed by atoms with E-state index in [1.807, 2.05) is 6.92 Å². The third-order valence-corrected chi connectivity index (χ3v) is 2.20. The number of aliphatic hydroxyl groups excluding tert-OH is 1. The van der Waals surface area contributed by atoms with Crippen LogP contribution in [0.4, 0.5) is 0 Å². The van der Waals surface area contributed by atoms with Gasteiger partial charge in [-0.05, 0) is 26.2 Å². The van der Waals surface area contributed by atoms with Crippen LogP contribution in [0.5, 0.6) is 0 Å². The lowest BCUT2D eigenvalue weighted by atomic mass is 10.0. The standard InChI is InChI=1S/C12H22O2/c1-4-7-8-10-11(13)12(9-5-2)14-6-3/h1,11-13H,5-10H2,2-3H3. The van der Waals surface area contributed by atoms with Crippen LogP contribution in [-0.2, 0) is 4.74 Å². The fourth-order valence-electron chi connectivity index (χ4n) is 1.48. The topological polar surface area (TPSA) is 29.5 Å². The van der Waals surface area contributed by atoms with Crippen molar-refractivity contribution >= 4 is 0 Å². The molecule has 0 aliphatic carbocycles. The van der Waals surface area contributed by atoms with Crippen LogP contribution in [0.3, 0.4) is 0 Å². The molecular formula is C12H22O2. The summed E-state index contributed by atoms with van der Waals surface area (Å²) in [6.07, 6.45) is 9.10. The Labute approximate surface area is 87.7 Å². The second-order valence-electron chi connectivity index (χ2n) is 3.45. The van der Waals surface area contributed by atoms with E-state index in [0.29, 0.717) is 6.61 Å². The molecule has 82 valence electrons. The van der Waals surface area contributed by atoms with Crippen LogP contribution in [0.25, 0.3) is 0 Å². The lowest BCUT2D eigenvalue weighted by Gasteiger charge is -2.22. The van der Waals surface area contributed by atoms with Crippen molar-refractivity contribution in [3.05, 3.63) is 0 Å². The number of hydrogen-bond donors (Lipinski definition) is 1. The Hall–Kier alpha value is -0.520. The van der Waals surface area contributed by atoms with E-state index in [0.717, 1.165) is 32.1 Å². The molecular weight excluding hydrogens is 176 g/mol. The summed E-state index contributed by atoms with van der Waals surface area (Å²) in [7, 11) is 0. The summed E-state index contributed by atoms with van der Waals surface area (Å²) in [5, 5.41) is 9.80. The molecule has 2 atom stereocenters. The van der Waals surface area contributed by atoms with Crippen LogP contribution < -0.4 is 0 Å². The van der Waals surface area contributed by atoms with Crippen molar-refractivity contribution in [1.29, 1.82) is 0 Å². The second kappa shape index (κ2) is 9.05. The van der Waals surface area contributed by atoms with E-state index in [2.05, 4.69) is 12.8 Å². The van der Waals surface area contributed by atoms with Crippen molar-refractivity contribution in [3.8, 4) is 12.3 Å². The summed E-state index contributed by atoms with van der Waals surface area (Å²) in [4.78, 5) is 0. The van der Waals surface area contributed by atoms with Crippen molar-refractivity contribution in [3.63, 3.8) is 0 Å². The Morgan fingerprint density at radius 1 is 1.36 bits per heavy atom. The summed E-state index contributed by atoms with van der Waals surface area (Å²) in [5.41, 5.74) is 0. The van der Waals surface area contributed by atoms with Crippen molar-refractivity contribution < 1.29 is 9.84 Å². The average Bonchev–Trinajstić information content (AvgIpc) is 2.18. The highest BCUT2D eigenvalue weighted by Gasteiger charge is 2.17. The van der Waals surface area contributed by atoms with E-state index in [9.17, 15) is 5.11 Å². The highest BCUT2D eigenvalue weighted by Crippen LogP contribution is 2.12. The molecule has 2 heteroatoms. The molecule has 0 aromatic rings. The lowest BCUT2D eigenvalue weighted by Crippen LogP contribution is -2.28. The molecule has 0 fully saturated rings. The third kappa shape index (κ3) is 6.01. The van der Waals surface area contributed by atoms with Crippen LogP contribution in [0.2, 0.25) is 0 Å². The fraction of sp³-hybridized carbons (Fsp3) is 0.833. The van der Waals surface area contributed by atoms with E-state index in [-0.39, 0.29) is 12.2 Å². The Kier molecular flexibility index (Phi) is 8.72. The Morgan fingerprint density at radius 3 is 2.57 bits per heavy atom. The normalized spacial score (nSPS) is 14.7. The van der Waals surface area contributed by atoms with Crippen molar-refractivity contribution in [2.45, 2.75) is 58.2 Å². The van der Waals surface area contributed by atoms with Gasteiger partial charge in [-0.3, -0.25) is 0 Å². The lowest BCUT2D eigenvalue weighted by molar-refractivity contribution is -0.0404. The highest BCUT2D eigenvalue weighted by atomic mass is 16.5. The molecule has 2 nitrogen and oxygen atoms in total. The molecule has 0 radical (unpaired) electrons. The van der Waals surface area contributed by atoms with Crippen LogP contribution in [0, 0.1) is 12.3 Å². The van der Waals surface area contributed by atoms with E-state index in [1.54, 1.807) is 0 Å². The molecule has 0 rings (SSSR count). The Bertz CT molecular complexity index is 154. The van der Waals surface area contributed by atoms with Gasteiger partial charge in [0.2, 0.25) is 0 Å². The van der Waals surface area contributed by atoms with E-state index < -0.39 is 0 Å². The SMILES string of the molecule is C#CCCCC(O)C(CCC)OCC. The minimum atomic E-state index is -0.358. The number of aliphatic hydroxyl groups is 1. The van der Waals surface area contributed by atoms with Gasteiger partial charge in [0.1, 0.15) is 0 Å². The Morgan fingerprint density at radius 2 is 2.07 bits per heavy atom. The molecule has 0 heterocycles. The zero-order valence-corrected chi connectivity index (χ0v) is 9.33.